The van der Waals surface area contributed by atoms with E-state index < -0.39 is 15.4 Å². The van der Waals surface area contributed by atoms with Crippen molar-refractivity contribution in [2.45, 2.75) is 31.9 Å². The number of aliphatic hydroxyl groups is 1. The summed E-state index contributed by atoms with van der Waals surface area (Å²) in [5, 5.41) is 14.5. The van der Waals surface area contributed by atoms with Gasteiger partial charge in [0.25, 0.3) is 0 Å². The van der Waals surface area contributed by atoms with Crippen molar-refractivity contribution < 1.29 is 13.5 Å². The number of rotatable bonds is 3. The van der Waals surface area contributed by atoms with Gasteiger partial charge in [0, 0.05) is 12.7 Å². The highest BCUT2D eigenvalue weighted by Gasteiger charge is 2.43. The molecular weight excluding hydrogens is 228 g/mol. The summed E-state index contributed by atoms with van der Waals surface area (Å²) in [5.41, 5.74) is -0.625. The first-order chi connectivity index (χ1) is 7.47. The van der Waals surface area contributed by atoms with E-state index in [0.717, 1.165) is 6.42 Å². The van der Waals surface area contributed by atoms with Crippen LogP contribution in [0.2, 0.25) is 0 Å². The van der Waals surface area contributed by atoms with Crippen molar-refractivity contribution in [2.24, 2.45) is 0 Å². The first-order valence-corrected chi connectivity index (χ1v) is 7.24. The molecule has 5 nitrogen and oxygen atoms in total. The first-order valence-electron chi connectivity index (χ1n) is 5.42. The normalized spacial score (nSPS) is 28.4. The van der Waals surface area contributed by atoms with Crippen LogP contribution in [-0.2, 0) is 22.0 Å². The van der Waals surface area contributed by atoms with Gasteiger partial charge in [0.1, 0.15) is 5.60 Å². The van der Waals surface area contributed by atoms with Crippen LogP contribution in [0.1, 0.15) is 25.5 Å². The maximum absolute atomic E-state index is 11.4. The molecule has 0 spiro atoms. The fourth-order valence-electron chi connectivity index (χ4n) is 2.15. The Labute approximate surface area is 95.0 Å². The van der Waals surface area contributed by atoms with E-state index in [-0.39, 0.29) is 17.9 Å². The van der Waals surface area contributed by atoms with Crippen molar-refractivity contribution in [1.82, 2.24) is 9.78 Å². The minimum Gasteiger partial charge on any atom is -0.382 e. The predicted molar refractivity (Wildman–Crippen MR) is 59.7 cm³/mol. The van der Waals surface area contributed by atoms with E-state index in [1.807, 2.05) is 6.92 Å². The zero-order valence-electron chi connectivity index (χ0n) is 9.26. The first kappa shape index (κ1) is 11.6. The summed E-state index contributed by atoms with van der Waals surface area (Å²) in [6.45, 7) is 2.71. The second-order valence-corrected chi connectivity index (χ2v) is 6.50. The summed E-state index contributed by atoms with van der Waals surface area (Å²) < 4.78 is 24.5. The molecule has 0 bridgehead atoms. The van der Waals surface area contributed by atoms with Gasteiger partial charge in [-0.25, -0.2) is 8.42 Å². The quantitative estimate of drug-likeness (QED) is 0.830. The van der Waals surface area contributed by atoms with Gasteiger partial charge in [-0.15, -0.1) is 0 Å². The number of hydrogen-bond donors (Lipinski definition) is 1. The third kappa shape index (κ3) is 1.99. The van der Waals surface area contributed by atoms with E-state index in [1.54, 1.807) is 16.9 Å². The van der Waals surface area contributed by atoms with E-state index in [0.29, 0.717) is 12.2 Å². The minimum absolute atomic E-state index is 0.0564. The zero-order valence-corrected chi connectivity index (χ0v) is 10.1. The fraction of sp³-hybridized carbons (Fsp3) is 0.700. The highest BCUT2D eigenvalue weighted by molar-refractivity contribution is 7.91. The number of aromatic nitrogens is 2. The van der Waals surface area contributed by atoms with Crippen LogP contribution in [0, 0.1) is 0 Å². The van der Waals surface area contributed by atoms with Gasteiger partial charge in [-0.05, 0) is 18.9 Å². The standard InChI is InChI=1S/C10H16N2O3S/c1-2-6-12-9(3-5-11-12)10(13)4-7-16(14,15)8-10/h3,5,13H,2,4,6-8H2,1H3. The molecule has 1 aliphatic heterocycles. The maximum Gasteiger partial charge on any atom is 0.153 e. The van der Waals surface area contributed by atoms with Gasteiger partial charge in [-0.3, -0.25) is 4.68 Å². The molecule has 1 saturated heterocycles. The van der Waals surface area contributed by atoms with Gasteiger partial charge < -0.3 is 5.11 Å². The molecule has 0 aromatic carbocycles. The Balaban J connectivity index is 2.33. The van der Waals surface area contributed by atoms with E-state index in [4.69, 9.17) is 0 Å². The molecule has 0 aliphatic carbocycles. The maximum atomic E-state index is 11.4. The number of nitrogens with zero attached hydrogens (tertiary/aromatic N) is 2. The summed E-state index contributed by atoms with van der Waals surface area (Å²) in [6.07, 6.45) is 2.77. The monoisotopic (exact) mass is 244 g/mol. The van der Waals surface area contributed by atoms with Crippen LogP contribution in [-0.4, -0.2) is 34.8 Å². The number of sulfone groups is 1. The summed E-state index contributed by atoms with van der Waals surface area (Å²) in [6, 6.07) is 1.70. The molecule has 2 rings (SSSR count). The van der Waals surface area contributed by atoms with Gasteiger partial charge in [0.05, 0.1) is 17.2 Å². The van der Waals surface area contributed by atoms with Crippen LogP contribution in [0.5, 0.6) is 0 Å². The molecular formula is C10H16N2O3S. The highest BCUT2D eigenvalue weighted by atomic mass is 32.2. The van der Waals surface area contributed by atoms with E-state index in [1.165, 1.54) is 0 Å². The van der Waals surface area contributed by atoms with Gasteiger partial charge in [-0.1, -0.05) is 6.92 Å². The van der Waals surface area contributed by atoms with Crippen LogP contribution in [0.25, 0.3) is 0 Å². The van der Waals surface area contributed by atoms with Crippen molar-refractivity contribution in [3.05, 3.63) is 18.0 Å². The third-order valence-corrected chi connectivity index (χ3v) is 4.66. The molecule has 1 N–H and O–H groups in total. The van der Waals surface area contributed by atoms with Crippen LogP contribution < -0.4 is 0 Å². The van der Waals surface area contributed by atoms with Crippen LogP contribution in [0.3, 0.4) is 0 Å². The Bertz CT molecular complexity index is 480. The van der Waals surface area contributed by atoms with Crippen molar-refractivity contribution in [1.29, 1.82) is 0 Å². The Hall–Kier alpha value is -0.880. The lowest BCUT2D eigenvalue weighted by Crippen LogP contribution is -2.30. The lowest BCUT2D eigenvalue weighted by Gasteiger charge is -2.21. The minimum atomic E-state index is -3.10. The van der Waals surface area contributed by atoms with Crippen LogP contribution in [0.15, 0.2) is 12.3 Å². The molecule has 6 heteroatoms. The van der Waals surface area contributed by atoms with Crippen LogP contribution in [0.4, 0.5) is 0 Å². The third-order valence-electron chi connectivity index (χ3n) is 2.91. The van der Waals surface area contributed by atoms with Gasteiger partial charge >= 0.3 is 0 Å². The molecule has 1 aromatic heterocycles. The van der Waals surface area contributed by atoms with Crippen molar-refractivity contribution in [3.63, 3.8) is 0 Å². The lowest BCUT2D eigenvalue weighted by molar-refractivity contribution is 0.0552. The average molecular weight is 244 g/mol. The molecule has 0 saturated carbocycles. The molecule has 0 radical (unpaired) electrons. The number of aryl methyl sites for hydroxylation is 1. The molecule has 90 valence electrons. The summed E-state index contributed by atoms with van der Waals surface area (Å²) in [5.74, 6) is -0.129. The summed E-state index contributed by atoms with van der Waals surface area (Å²) in [7, 11) is -3.10. The number of hydrogen-bond acceptors (Lipinski definition) is 4. The molecule has 0 amide bonds. The smallest absolute Gasteiger partial charge is 0.153 e. The SMILES string of the molecule is CCCn1nccc1C1(O)CCS(=O)(=O)C1. The van der Waals surface area contributed by atoms with Gasteiger partial charge in [0.2, 0.25) is 0 Å². The molecule has 1 fully saturated rings. The Morgan fingerprint density at radius 1 is 1.62 bits per heavy atom. The molecule has 2 heterocycles. The van der Waals surface area contributed by atoms with Crippen molar-refractivity contribution >= 4 is 9.84 Å². The fourth-order valence-corrected chi connectivity index (χ4v) is 3.97. The zero-order chi connectivity index (χ0) is 11.8. The Kier molecular flexibility index (Phi) is 2.79. The molecule has 1 aromatic rings. The van der Waals surface area contributed by atoms with Crippen molar-refractivity contribution in [3.8, 4) is 0 Å². The summed E-state index contributed by atoms with van der Waals surface area (Å²) >= 11 is 0. The van der Waals surface area contributed by atoms with E-state index >= 15 is 0 Å². The predicted octanol–water partition coefficient (Wildman–Crippen LogP) is 0.299. The highest BCUT2D eigenvalue weighted by Crippen LogP contribution is 2.33. The largest absolute Gasteiger partial charge is 0.382 e. The van der Waals surface area contributed by atoms with E-state index in [2.05, 4.69) is 5.10 Å². The molecule has 1 aliphatic rings. The molecule has 16 heavy (non-hydrogen) atoms. The average Bonchev–Trinajstić information content (AvgIpc) is 2.73. The van der Waals surface area contributed by atoms with Crippen LogP contribution >= 0.6 is 0 Å². The Morgan fingerprint density at radius 3 is 2.94 bits per heavy atom. The van der Waals surface area contributed by atoms with Gasteiger partial charge in [0.15, 0.2) is 9.84 Å². The topological polar surface area (TPSA) is 72.2 Å². The molecule has 1 unspecified atom stereocenters. The van der Waals surface area contributed by atoms with Crippen molar-refractivity contribution in [2.75, 3.05) is 11.5 Å². The Morgan fingerprint density at radius 2 is 2.38 bits per heavy atom. The second-order valence-electron chi connectivity index (χ2n) is 4.31. The van der Waals surface area contributed by atoms with E-state index in [9.17, 15) is 13.5 Å². The second kappa shape index (κ2) is 3.85. The van der Waals surface area contributed by atoms with Gasteiger partial charge in [-0.2, -0.15) is 5.10 Å². The summed E-state index contributed by atoms with van der Waals surface area (Å²) in [4.78, 5) is 0. The lowest BCUT2D eigenvalue weighted by atomic mass is 9.99. The molecule has 1 atom stereocenters.